The van der Waals surface area contributed by atoms with Gasteiger partial charge in [0.05, 0.1) is 23.4 Å². The van der Waals surface area contributed by atoms with E-state index in [-0.39, 0.29) is 22.5 Å². The molecule has 5 aliphatic carbocycles. The van der Waals surface area contributed by atoms with Crippen LogP contribution in [0.1, 0.15) is 116 Å². The van der Waals surface area contributed by atoms with E-state index in [0.717, 1.165) is 57.9 Å². The molecular formula is C41H63N3O4. The number of allylic oxidation sites excluding steroid dienone is 1. The van der Waals surface area contributed by atoms with Gasteiger partial charge in [0.2, 0.25) is 0 Å². The quantitative estimate of drug-likeness (QED) is 0.0896. The molecule has 7 rings (SSSR count). The Balaban J connectivity index is 1.06. The SMILES string of the molecule is C=C1C[C@@]2(CC[C@H](CC[C@@]3(O)CCC[C@H](O)C3)C2)[C@@H]2O[C@]2(C)CC[C@@H]2[C@@H]1C[C@]2(C)[C@@H]1C[C@@H](CNC(N)=NC)C[C@@H]1Cc1ccc(O)cc1. The second kappa shape index (κ2) is 12.9. The van der Waals surface area contributed by atoms with Gasteiger partial charge in [-0.05, 0) is 162 Å². The molecular weight excluding hydrogens is 598 g/mol. The first kappa shape index (κ1) is 34.4. The van der Waals surface area contributed by atoms with Gasteiger partial charge in [-0.3, -0.25) is 4.99 Å². The minimum absolute atomic E-state index is 0.0309. The highest BCUT2D eigenvalue weighted by molar-refractivity contribution is 5.77. The Hall–Kier alpha value is -2.09. The maximum atomic E-state index is 11.2. The number of nitrogens with zero attached hydrogens (tertiary/aromatic N) is 1. The fraction of sp³-hybridized carbons (Fsp3) is 0.780. The number of rotatable bonds is 8. The molecule has 0 radical (unpaired) electrons. The van der Waals surface area contributed by atoms with Crippen molar-refractivity contribution in [1.82, 2.24) is 5.32 Å². The molecule has 1 saturated heterocycles. The Labute approximate surface area is 289 Å². The zero-order chi connectivity index (χ0) is 33.9. The van der Waals surface area contributed by atoms with E-state index in [4.69, 9.17) is 17.0 Å². The number of phenols is 1. The molecule has 1 spiro atoms. The fourth-order valence-corrected chi connectivity index (χ4v) is 12.4. The Bertz CT molecular complexity index is 1370. The molecule has 7 heteroatoms. The second-order valence-corrected chi connectivity index (χ2v) is 18.2. The maximum Gasteiger partial charge on any atom is 0.188 e. The maximum absolute atomic E-state index is 11.2. The predicted molar refractivity (Wildman–Crippen MR) is 191 cm³/mol. The number of nitrogens with one attached hydrogen (secondary N) is 1. The molecule has 0 amide bonds. The van der Waals surface area contributed by atoms with Crippen LogP contribution >= 0.6 is 0 Å². The largest absolute Gasteiger partial charge is 0.508 e. The summed E-state index contributed by atoms with van der Waals surface area (Å²) in [5.74, 6) is 4.48. The Kier molecular flexibility index (Phi) is 9.24. The highest BCUT2D eigenvalue weighted by atomic mass is 16.6. The molecule has 1 aliphatic heterocycles. The first-order valence-electron chi connectivity index (χ1n) is 19.3. The van der Waals surface area contributed by atoms with Crippen LogP contribution < -0.4 is 11.1 Å². The predicted octanol–water partition coefficient (Wildman–Crippen LogP) is 6.88. The van der Waals surface area contributed by atoms with Gasteiger partial charge in [-0.2, -0.15) is 0 Å². The minimum Gasteiger partial charge on any atom is -0.508 e. The van der Waals surface area contributed by atoms with Gasteiger partial charge in [-0.25, -0.2) is 0 Å². The highest BCUT2D eigenvalue weighted by Gasteiger charge is 2.67. The molecule has 0 bridgehead atoms. The van der Waals surface area contributed by atoms with Crippen molar-refractivity contribution in [2.24, 2.45) is 57.1 Å². The third-order valence-corrected chi connectivity index (χ3v) is 14.9. The standard InChI is InChI=1S/C41H63N3O4/c1-26-21-40(16-11-28(22-40)12-17-41(47)14-5-6-32(46)23-41)36-39(3,48-36)15-13-34-33(26)24-38(34,2)35-20-29(25-44-37(42)43-4)19-30(35)18-27-7-9-31(45)10-8-27/h7-10,28-30,32-36,45-47H,1,5-6,11-25H2,2-4H3,(H3,42,43,44)/t28-,29+,30+,32+,33-,34-,35-,36-,38+,39-,40-,41+/m1/s1. The van der Waals surface area contributed by atoms with Crippen LogP contribution in [0.2, 0.25) is 0 Å². The monoisotopic (exact) mass is 661 g/mol. The lowest BCUT2D eigenvalue weighted by Gasteiger charge is -2.59. The highest BCUT2D eigenvalue weighted by Crippen LogP contribution is 2.69. The molecule has 6 N–H and O–H groups in total. The van der Waals surface area contributed by atoms with E-state index in [1.54, 1.807) is 7.05 Å². The van der Waals surface area contributed by atoms with Gasteiger partial charge < -0.3 is 31.1 Å². The van der Waals surface area contributed by atoms with E-state index in [9.17, 15) is 15.3 Å². The number of aliphatic hydroxyl groups excluding tert-OH is 1. The smallest absolute Gasteiger partial charge is 0.188 e. The summed E-state index contributed by atoms with van der Waals surface area (Å²) in [6, 6.07) is 7.87. The summed E-state index contributed by atoms with van der Waals surface area (Å²) in [7, 11) is 1.74. The van der Waals surface area contributed by atoms with E-state index in [1.165, 1.54) is 56.1 Å². The third-order valence-electron chi connectivity index (χ3n) is 14.9. The fourth-order valence-electron chi connectivity index (χ4n) is 12.4. The number of fused-ring (bicyclic) bond motifs is 3. The average Bonchev–Trinajstić information content (AvgIpc) is 3.34. The molecule has 12 atom stereocenters. The molecule has 48 heavy (non-hydrogen) atoms. The zero-order valence-corrected chi connectivity index (χ0v) is 29.9. The normalized spacial score (nSPS) is 45.9. The Morgan fingerprint density at radius 2 is 1.81 bits per heavy atom. The number of aliphatic hydroxyl groups is 2. The van der Waals surface area contributed by atoms with E-state index in [0.29, 0.717) is 59.7 Å². The summed E-state index contributed by atoms with van der Waals surface area (Å²) in [5, 5.41) is 34.8. The number of epoxide rings is 1. The molecule has 0 aromatic heterocycles. The summed E-state index contributed by atoms with van der Waals surface area (Å²) in [6.07, 6.45) is 16.7. The molecule has 1 aromatic rings. The molecule has 6 fully saturated rings. The number of guanidine groups is 1. The number of benzene rings is 1. The summed E-state index contributed by atoms with van der Waals surface area (Å²) in [5.41, 5.74) is 8.58. The number of aliphatic imine (C=N–C) groups is 1. The molecule has 5 saturated carbocycles. The van der Waals surface area contributed by atoms with Crippen molar-refractivity contribution in [2.45, 2.75) is 140 Å². The minimum atomic E-state index is -0.685. The second-order valence-electron chi connectivity index (χ2n) is 18.2. The summed E-state index contributed by atoms with van der Waals surface area (Å²) < 4.78 is 6.76. The number of nitrogens with two attached hydrogens (primary N) is 1. The first-order valence-corrected chi connectivity index (χ1v) is 19.3. The number of phenolic OH excluding ortho intramolecular Hbond substituents is 1. The van der Waals surface area contributed by atoms with Crippen molar-refractivity contribution >= 4 is 5.96 Å². The van der Waals surface area contributed by atoms with Crippen LogP contribution in [0.4, 0.5) is 0 Å². The van der Waals surface area contributed by atoms with E-state index in [1.807, 2.05) is 12.1 Å². The van der Waals surface area contributed by atoms with Gasteiger partial charge in [-0.15, -0.1) is 0 Å². The van der Waals surface area contributed by atoms with Crippen LogP contribution in [0.25, 0.3) is 0 Å². The van der Waals surface area contributed by atoms with Crippen LogP contribution in [0.15, 0.2) is 41.4 Å². The molecule has 6 aliphatic rings. The summed E-state index contributed by atoms with van der Waals surface area (Å²) in [4.78, 5) is 4.14. The van der Waals surface area contributed by atoms with Gasteiger partial charge in [0.25, 0.3) is 0 Å². The topological polar surface area (TPSA) is 124 Å². The van der Waals surface area contributed by atoms with Crippen LogP contribution in [0.3, 0.4) is 0 Å². The number of hydrogen-bond acceptors (Lipinski definition) is 5. The van der Waals surface area contributed by atoms with Crippen molar-refractivity contribution in [3.8, 4) is 5.75 Å². The van der Waals surface area contributed by atoms with Crippen LogP contribution in [0, 0.1) is 46.3 Å². The van der Waals surface area contributed by atoms with Gasteiger partial charge in [0, 0.05) is 25.4 Å². The lowest BCUT2D eigenvalue weighted by Crippen LogP contribution is -2.52. The average molecular weight is 662 g/mol. The third kappa shape index (κ3) is 6.57. The van der Waals surface area contributed by atoms with Gasteiger partial charge >= 0.3 is 0 Å². The Morgan fingerprint density at radius 3 is 2.56 bits per heavy atom. The number of hydrogen-bond donors (Lipinski definition) is 5. The van der Waals surface area contributed by atoms with E-state index < -0.39 is 5.60 Å². The molecule has 1 heterocycles. The van der Waals surface area contributed by atoms with Crippen LogP contribution in [-0.2, 0) is 11.2 Å². The molecule has 7 nitrogen and oxygen atoms in total. The lowest BCUT2D eigenvalue weighted by atomic mass is 9.45. The summed E-state index contributed by atoms with van der Waals surface area (Å²) >= 11 is 0. The molecule has 1 aromatic carbocycles. The van der Waals surface area contributed by atoms with Crippen LogP contribution in [0.5, 0.6) is 5.75 Å². The molecule has 266 valence electrons. The first-order chi connectivity index (χ1) is 22.8. The molecule has 0 unspecified atom stereocenters. The van der Waals surface area contributed by atoms with Crippen molar-refractivity contribution < 1.29 is 20.1 Å². The van der Waals surface area contributed by atoms with Crippen molar-refractivity contribution in [1.29, 1.82) is 0 Å². The van der Waals surface area contributed by atoms with Gasteiger partial charge in [0.15, 0.2) is 5.96 Å². The van der Waals surface area contributed by atoms with Crippen molar-refractivity contribution in [2.75, 3.05) is 13.6 Å². The van der Waals surface area contributed by atoms with Gasteiger partial charge in [0.1, 0.15) is 5.75 Å². The van der Waals surface area contributed by atoms with Gasteiger partial charge in [-0.1, -0.05) is 31.2 Å². The Morgan fingerprint density at radius 1 is 1.02 bits per heavy atom. The summed E-state index contributed by atoms with van der Waals surface area (Å²) in [6.45, 7) is 10.7. The zero-order valence-electron chi connectivity index (χ0n) is 29.9. The number of aromatic hydroxyl groups is 1. The number of ether oxygens (including phenoxy) is 1. The lowest BCUT2D eigenvalue weighted by molar-refractivity contribution is -0.0829. The van der Waals surface area contributed by atoms with E-state index in [2.05, 4.69) is 36.3 Å². The van der Waals surface area contributed by atoms with Crippen LogP contribution in [-0.4, -0.2) is 58.3 Å². The van der Waals surface area contributed by atoms with E-state index >= 15 is 0 Å². The van der Waals surface area contributed by atoms with Crippen molar-refractivity contribution in [3.05, 3.63) is 42.0 Å². The van der Waals surface area contributed by atoms with Crippen molar-refractivity contribution in [3.63, 3.8) is 0 Å².